The van der Waals surface area contributed by atoms with E-state index in [4.69, 9.17) is 14.2 Å². The second-order valence-corrected chi connectivity index (χ2v) is 4.41. The first-order chi connectivity index (χ1) is 10.5. The van der Waals surface area contributed by atoms with Gasteiger partial charge in [-0.15, -0.1) is 0 Å². The van der Waals surface area contributed by atoms with E-state index >= 15 is 0 Å². The molecule has 0 aliphatic heterocycles. The Labute approximate surface area is 130 Å². The van der Waals surface area contributed by atoms with Gasteiger partial charge in [0, 0.05) is 18.2 Å². The largest absolute Gasteiger partial charge is 0.497 e. The fourth-order valence-corrected chi connectivity index (χ4v) is 1.71. The van der Waals surface area contributed by atoms with Gasteiger partial charge in [-0.05, 0) is 38.1 Å². The van der Waals surface area contributed by atoms with Gasteiger partial charge in [-0.3, -0.25) is 4.79 Å². The molecule has 0 saturated carbocycles. The molecule has 0 unspecified atom stereocenters. The summed E-state index contributed by atoms with van der Waals surface area (Å²) in [5.74, 6) is 0.304. The van der Waals surface area contributed by atoms with Crippen LogP contribution in [0.4, 0.5) is 0 Å². The van der Waals surface area contributed by atoms with Crippen LogP contribution in [0.5, 0.6) is 11.5 Å². The number of hydrogen-bond acceptors (Lipinski definition) is 5. The average Bonchev–Trinajstić information content (AvgIpc) is 2.52. The summed E-state index contributed by atoms with van der Waals surface area (Å²) in [6.45, 7) is 3.79. The molecule has 0 fully saturated rings. The smallest absolute Gasteiger partial charge is 0.331 e. The highest BCUT2D eigenvalue weighted by Gasteiger charge is 2.15. The van der Waals surface area contributed by atoms with Gasteiger partial charge in [0.1, 0.15) is 11.5 Å². The van der Waals surface area contributed by atoms with E-state index in [0.29, 0.717) is 23.6 Å². The predicted octanol–water partition coefficient (Wildman–Crippen LogP) is 1.78. The number of likely N-dealkylation sites (N-methyl/N-ethyl adjacent to an activating group) is 1. The van der Waals surface area contributed by atoms with Crippen LogP contribution in [0.25, 0.3) is 6.08 Å². The minimum atomic E-state index is -0.843. The SMILES string of the molecule is CCNC(=O)[C@H](C)OC(=O)/C=C/c1cc(OC)ccc1OC. The van der Waals surface area contributed by atoms with Crippen molar-refractivity contribution in [3.8, 4) is 11.5 Å². The number of ether oxygens (including phenoxy) is 3. The Morgan fingerprint density at radius 3 is 2.59 bits per heavy atom. The zero-order valence-electron chi connectivity index (χ0n) is 13.2. The van der Waals surface area contributed by atoms with Crippen molar-refractivity contribution in [3.05, 3.63) is 29.8 Å². The van der Waals surface area contributed by atoms with Crippen LogP contribution in [0, 0.1) is 0 Å². The molecule has 1 amide bonds. The maximum Gasteiger partial charge on any atom is 0.331 e. The van der Waals surface area contributed by atoms with Crippen LogP contribution < -0.4 is 14.8 Å². The van der Waals surface area contributed by atoms with E-state index in [1.165, 1.54) is 20.1 Å². The minimum Gasteiger partial charge on any atom is -0.497 e. The van der Waals surface area contributed by atoms with Crippen molar-refractivity contribution in [3.63, 3.8) is 0 Å². The Kier molecular flexibility index (Phi) is 6.95. The van der Waals surface area contributed by atoms with Gasteiger partial charge in [-0.25, -0.2) is 4.79 Å². The van der Waals surface area contributed by atoms with Gasteiger partial charge < -0.3 is 19.5 Å². The van der Waals surface area contributed by atoms with Crippen LogP contribution in [-0.2, 0) is 14.3 Å². The maximum absolute atomic E-state index is 11.7. The quantitative estimate of drug-likeness (QED) is 0.614. The molecule has 22 heavy (non-hydrogen) atoms. The van der Waals surface area contributed by atoms with Crippen molar-refractivity contribution in [1.29, 1.82) is 0 Å². The molecule has 0 bridgehead atoms. The molecule has 1 N–H and O–H groups in total. The lowest BCUT2D eigenvalue weighted by molar-refractivity contribution is -0.150. The van der Waals surface area contributed by atoms with Gasteiger partial charge >= 0.3 is 5.97 Å². The fraction of sp³-hybridized carbons (Fsp3) is 0.375. The Morgan fingerprint density at radius 1 is 1.27 bits per heavy atom. The fourth-order valence-electron chi connectivity index (χ4n) is 1.71. The molecule has 0 saturated heterocycles. The molecular weight excluding hydrogens is 286 g/mol. The van der Waals surface area contributed by atoms with Crippen LogP contribution in [0.2, 0.25) is 0 Å². The second kappa shape index (κ2) is 8.71. The number of benzene rings is 1. The van der Waals surface area contributed by atoms with Gasteiger partial charge in [0.2, 0.25) is 0 Å². The number of esters is 1. The summed E-state index contributed by atoms with van der Waals surface area (Å²) >= 11 is 0. The van der Waals surface area contributed by atoms with Crippen molar-refractivity contribution in [2.45, 2.75) is 20.0 Å². The maximum atomic E-state index is 11.7. The summed E-state index contributed by atoms with van der Waals surface area (Å²) in [5, 5.41) is 2.58. The van der Waals surface area contributed by atoms with Crippen molar-refractivity contribution >= 4 is 18.0 Å². The molecule has 6 nitrogen and oxygen atoms in total. The monoisotopic (exact) mass is 307 g/mol. The molecule has 1 aromatic rings. The predicted molar refractivity (Wildman–Crippen MR) is 82.8 cm³/mol. The first-order valence-electron chi connectivity index (χ1n) is 6.90. The van der Waals surface area contributed by atoms with E-state index in [9.17, 15) is 9.59 Å². The number of nitrogens with one attached hydrogen (secondary N) is 1. The summed E-state index contributed by atoms with van der Waals surface area (Å²) in [6.07, 6.45) is 1.95. The molecule has 1 atom stereocenters. The van der Waals surface area contributed by atoms with Gasteiger partial charge in [0.25, 0.3) is 5.91 Å². The van der Waals surface area contributed by atoms with E-state index in [2.05, 4.69) is 5.32 Å². The normalized spacial score (nSPS) is 11.8. The lowest BCUT2D eigenvalue weighted by Gasteiger charge is -2.11. The highest BCUT2D eigenvalue weighted by molar-refractivity contribution is 5.90. The van der Waals surface area contributed by atoms with Crippen molar-refractivity contribution in [2.75, 3.05) is 20.8 Å². The number of amides is 1. The van der Waals surface area contributed by atoms with E-state index < -0.39 is 12.1 Å². The van der Waals surface area contributed by atoms with Crippen LogP contribution in [0.3, 0.4) is 0 Å². The molecule has 0 spiro atoms. The minimum absolute atomic E-state index is 0.330. The second-order valence-electron chi connectivity index (χ2n) is 4.41. The summed E-state index contributed by atoms with van der Waals surface area (Å²) in [4.78, 5) is 23.2. The molecular formula is C16H21NO5. The lowest BCUT2D eigenvalue weighted by atomic mass is 10.1. The Morgan fingerprint density at radius 2 is 2.00 bits per heavy atom. The Bertz CT molecular complexity index is 553. The van der Waals surface area contributed by atoms with Crippen molar-refractivity contribution in [2.24, 2.45) is 0 Å². The van der Waals surface area contributed by atoms with Crippen molar-refractivity contribution < 1.29 is 23.8 Å². The van der Waals surface area contributed by atoms with E-state index in [-0.39, 0.29) is 5.91 Å². The van der Waals surface area contributed by atoms with Gasteiger partial charge in [0.05, 0.1) is 14.2 Å². The standard InChI is InChI=1S/C16H21NO5/c1-5-17-16(19)11(2)22-15(18)9-6-12-10-13(20-3)7-8-14(12)21-4/h6-11H,5H2,1-4H3,(H,17,19)/b9-6+/t11-/m0/s1. The third kappa shape index (κ3) is 5.12. The molecule has 0 aromatic heterocycles. The third-order valence-corrected chi connectivity index (χ3v) is 2.85. The highest BCUT2D eigenvalue weighted by Crippen LogP contribution is 2.25. The van der Waals surface area contributed by atoms with Gasteiger partial charge in [-0.1, -0.05) is 0 Å². The van der Waals surface area contributed by atoms with Crippen LogP contribution in [-0.4, -0.2) is 38.7 Å². The number of carbonyl (C=O) groups excluding carboxylic acids is 2. The van der Waals surface area contributed by atoms with Crippen LogP contribution >= 0.6 is 0 Å². The van der Waals surface area contributed by atoms with Crippen molar-refractivity contribution in [1.82, 2.24) is 5.32 Å². The molecule has 1 rings (SSSR count). The zero-order valence-corrected chi connectivity index (χ0v) is 13.2. The van der Waals surface area contributed by atoms with E-state index in [0.717, 1.165) is 0 Å². The summed E-state index contributed by atoms with van der Waals surface area (Å²) < 4.78 is 15.3. The number of carbonyl (C=O) groups is 2. The van der Waals surface area contributed by atoms with Gasteiger partial charge in [0.15, 0.2) is 6.10 Å². The molecule has 6 heteroatoms. The molecule has 1 aromatic carbocycles. The van der Waals surface area contributed by atoms with Crippen LogP contribution in [0.15, 0.2) is 24.3 Å². The Balaban J connectivity index is 2.75. The lowest BCUT2D eigenvalue weighted by Crippen LogP contribution is -2.35. The third-order valence-electron chi connectivity index (χ3n) is 2.85. The topological polar surface area (TPSA) is 73.9 Å². The number of hydrogen-bond donors (Lipinski definition) is 1. The zero-order chi connectivity index (χ0) is 16.5. The highest BCUT2D eigenvalue weighted by atomic mass is 16.5. The number of rotatable bonds is 7. The first kappa shape index (κ1) is 17.6. The summed E-state index contributed by atoms with van der Waals surface area (Å²) in [7, 11) is 3.09. The average molecular weight is 307 g/mol. The van der Waals surface area contributed by atoms with Crippen LogP contribution in [0.1, 0.15) is 19.4 Å². The molecule has 0 aliphatic carbocycles. The van der Waals surface area contributed by atoms with E-state index in [1.807, 2.05) is 0 Å². The molecule has 0 radical (unpaired) electrons. The van der Waals surface area contributed by atoms with Gasteiger partial charge in [-0.2, -0.15) is 0 Å². The molecule has 0 heterocycles. The Hall–Kier alpha value is -2.50. The summed E-state index contributed by atoms with van der Waals surface area (Å²) in [6, 6.07) is 5.22. The first-order valence-corrected chi connectivity index (χ1v) is 6.90. The molecule has 120 valence electrons. The molecule has 0 aliphatic rings. The number of methoxy groups -OCH3 is 2. The summed E-state index contributed by atoms with van der Waals surface area (Å²) in [5.41, 5.74) is 0.671. The van der Waals surface area contributed by atoms with E-state index in [1.54, 1.807) is 38.3 Å².